The number of carbonyl (C=O) groups is 1. The van der Waals surface area contributed by atoms with Gasteiger partial charge in [-0.25, -0.2) is 8.42 Å². The Hall–Kier alpha value is -2.90. The third-order valence-electron chi connectivity index (χ3n) is 4.31. The van der Waals surface area contributed by atoms with Gasteiger partial charge >= 0.3 is 0 Å². The lowest BCUT2D eigenvalue weighted by atomic mass is 10.2. The molecular weight excluding hydrogens is 376 g/mol. The van der Waals surface area contributed by atoms with E-state index in [-0.39, 0.29) is 18.0 Å². The molecule has 7 heteroatoms. The minimum absolute atomic E-state index is 0.0373. The number of para-hydroxylation sites is 1. The van der Waals surface area contributed by atoms with Gasteiger partial charge in [0, 0.05) is 5.69 Å². The van der Waals surface area contributed by atoms with E-state index in [9.17, 15) is 13.2 Å². The molecule has 28 heavy (non-hydrogen) atoms. The Kier molecular flexibility index (Phi) is 5.96. The van der Waals surface area contributed by atoms with Crippen molar-refractivity contribution in [2.75, 3.05) is 11.9 Å². The van der Waals surface area contributed by atoms with Crippen LogP contribution in [0.4, 0.5) is 5.69 Å². The van der Waals surface area contributed by atoms with Crippen LogP contribution < -0.4 is 5.32 Å². The summed E-state index contributed by atoms with van der Waals surface area (Å²) in [4.78, 5) is 12.7. The van der Waals surface area contributed by atoms with Crippen molar-refractivity contribution < 1.29 is 17.6 Å². The van der Waals surface area contributed by atoms with Gasteiger partial charge in [-0.3, -0.25) is 4.79 Å². The van der Waals surface area contributed by atoms with Gasteiger partial charge in [-0.15, -0.1) is 0 Å². The highest BCUT2D eigenvalue weighted by Gasteiger charge is 2.27. The molecule has 0 unspecified atom stereocenters. The molecule has 0 radical (unpaired) electrons. The van der Waals surface area contributed by atoms with Crippen molar-refractivity contribution in [3.8, 4) is 0 Å². The summed E-state index contributed by atoms with van der Waals surface area (Å²) in [7, 11) is -3.88. The first-order valence-corrected chi connectivity index (χ1v) is 10.2. The first kappa shape index (κ1) is 19.9. The zero-order valence-electron chi connectivity index (χ0n) is 15.8. The van der Waals surface area contributed by atoms with Crippen LogP contribution in [0.15, 0.2) is 76.2 Å². The molecule has 0 spiro atoms. The van der Waals surface area contributed by atoms with Crippen LogP contribution >= 0.6 is 0 Å². The molecule has 0 aliphatic rings. The lowest BCUT2D eigenvalue weighted by Gasteiger charge is -2.21. The molecule has 146 valence electrons. The van der Waals surface area contributed by atoms with Crippen LogP contribution in [0, 0.1) is 13.8 Å². The zero-order chi connectivity index (χ0) is 20.1. The van der Waals surface area contributed by atoms with Crippen LogP contribution in [0.3, 0.4) is 0 Å². The first-order valence-electron chi connectivity index (χ1n) is 8.81. The number of hydrogen-bond acceptors (Lipinski definition) is 4. The minimum Gasteiger partial charge on any atom is -0.468 e. The van der Waals surface area contributed by atoms with Gasteiger partial charge in [-0.05, 0) is 49.7 Å². The summed E-state index contributed by atoms with van der Waals surface area (Å²) >= 11 is 0. The Morgan fingerprint density at radius 2 is 1.71 bits per heavy atom. The average Bonchev–Trinajstić information content (AvgIpc) is 3.17. The Morgan fingerprint density at radius 1 is 1.00 bits per heavy atom. The van der Waals surface area contributed by atoms with Gasteiger partial charge in [-0.2, -0.15) is 4.31 Å². The summed E-state index contributed by atoms with van der Waals surface area (Å²) in [6, 6.07) is 17.2. The number of amides is 1. The number of anilines is 1. The Balaban J connectivity index is 1.85. The van der Waals surface area contributed by atoms with Gasteiger partial charge < -0.3 is 9.73 Å². The number of rotatable bonds is 7. The average molecular weight is 398 g/mol. The minimum atomic E-state index is -3.88. The van der Waals surface area contributed by atoms with Crippen LogP contribution in [0.25, 0.3) is 0 Å². The summed E-state index contributed by atoms with van der Waals surface area (Å²) < 4.78 is 32.7. The number of benzene rings is 2. The second-order valence-electron chi connectivity index (χ2n) is 6.53. The molecule has 1 heterocycles. The zero-order valence-corrected chi connectivity index (χ0v) is 16.6. The van der Waals surface area contributed by atoms with Crippen LogP contribution in [0.5, 0.6) is 0 Å². The highest BCUT2D eigenvalue weighted by Crippen LogP contribution is 2.20. The van der Waals surface area contributed by atoms with Crippen molar-refractivity contribution in [3.05, 3.63) is 83.8 Å². The third kappa shape index (κ3) is 4.68. The van der Waals surface area contributed by atoms with Crippen molar-refractivity contribution in [1.29, 1.82) is 0 Å². The number of furan rings is 1. The van der Waals surface area contributed by atoms with E-state index in [1.54, 1.807) is 42.5 Å². The Morgan fingerprint density at radius 3 is 2.36 bits per heavy atom. The number of hydrogen-bond donors (Lipinski definition) is 1. The molecule has 1 N–H and O–H groups in total. The molecule has 0 bridgehead atoms. The fourth-order valence-electron chi connectivity index (χ4n) is 2.72. The van der Waals surface area contributed by atoms with Gasteiger partial charge in [0.15, 0.2) is 0 Å². The van der Waals surface area contributed by atoms with Crippen LogP contribution in [-0.4, -0.2) is 25.2 Å². The molecule has 6 nitrogen and oxygen atoms in total. The molecule has 0 saturated heterocycles. The molecule has 3 aromatic rings. The van der Waals surface area contributed by atoms with E-state index in [0.29, 0.717) is 11.4 Å². The van der Waals surface area contributed by atoms with Gasteiger partial charge in [0.2, 0.25) is 15.9 Å². The molecule has 0 atom stereocenters. The van der Waals surface area contributed by atoms with E-state index in [0.717, 1.165) is 15.4 Å². The van der Waals surface area contributed by atoms with Crippen molar-refractivity contribution in [2.24, 2.45) is 0 Å². The van der Waals surface area contributed by atoms with Crippen molar-refractivity contribution in [1.82, 2.24) is 4.31 Å². The summed E-state index contributed by atoms with van der Waals surface area (Å²) in [5, 5.41) is 2.78. The van der Waals surface area contributed by atoms with E-state index in [2.05, 4.69) is 5.32 Å². The maximum Gasteiger partial charge on any atom is 0.243 e. The lowest BCUT2D eigenvalue weighted by Crippen LogP contribution is -2.37. The van der Waals surface area contributed by atoms with Gasteiger partial charge in [0.05, 0.1) is 24.2 Å². The Bertz CT molecular complexity index is 1040. The topological polar surface area (TPSA) is 79.6 Å². The second kappa shape index (κ2) is 8.41. The summed E-state index contributed by atoms with van der Waals surface area (Å²) in [5.41, 5.74) is 2.50. The standard InChI is InChI=1S/C21H22N2O4S/c1-16-9-11-19(12-10-16)28(25,26)23(14-18-7-5-13-27-18)15-21(24)22-20-8-4-3-6-17(20)2/h3-13H,14-15H2,1-2H3,(H,22,24). The predicted octanol–water partition coefficient (Wildman–Crippen LogP) is 3.73. The fourth-order valence-corrected chi connectivity index (χ4v) is 4.09. The number of nitrogens with one attached hydrogen (secondary N) is 1. The summed E-state index contributed by atoms with van der Waals surface area (Å²) in [5.74, 6) is 0.0379. The van der Waals surface area contributed by atoms with Crippen LogP contribution in [-0.2, 0) is 21.4 Å². The lowest BCUT2D eigenvalue weighted by molar-refractivity contribution is -0.116. The highest BCUT2D eigenvalue weighted by molar-refractivity contribution is 7.89. The van der Waals surface area contributed by atoms with E-state index in [1.807, 2.05) is 32.0 Å². The van der Waals surface area contributed by atoms with E-state index >= 15 is 0 Å². The van der Waals surface area contributed by atoms with Crippen LogP contribution in [0.1, 0.15) is 16.9 Å². The molecule has 2 aromatic carbocycles. The Labute approximate surface area is 164 Å². The first-order chi connectivity index (χ1) is 13.4. The normalized spacial score (nSPS) is 11.5. The third-order valence-corrected chi connectivity index (χ3v) is 6.12. The SMILES string of the molecule is Cc1ccc(S(=O)(=O)N(CC(=O)Nc2ccccc2C)Cc2ccco2)cc1. The molecule has 0 aliphatic heterocycles. The maximum absolute atomic E-state index is 13.1. The number of aryl methyl sites for hydroxylation is 2. The summed E-state index contributed by atoms with van der Waals surface area (Å²) in [6.45, 7) is 3.39. The number of nitrogens with zero attached hydrogens (tertiary/aromatic N) is 1. The second-order valence-corrected chi connectivity index (χ2v) is 8.47. The maximum atomic E-state index is 13.1. The van der Waals surface area contributed by atoms with E-state index in [1.165, 1.54) is 6.26 Å². The van der Waals surface area contributed by atoms with Gasteiger partial charge in [0.25, 0.3) is 0 Å². The van der Waals surface area contributed by atoms with Gasteiger partial charge in [0.1, 0.15) is 5.76 Å². The van der Waals surface area contributed by atoms with E-state index < -0.39 is 15.9 Å². The fraction of sp³-hybridized carbons (Fsp3) is 0.190. The quantitative estimate of drug-likeness (QED) is 0.658. The molecule has 0 aliphatic carbocycles. The highest BCUT2D eigenvalue weighted by atomic mass is 32.2. The van der Waals surface area contributed by atoms with Crippen molar-refractivity contribution >= 4 is 21.6 Å². The molecule has 1 amide bonds. The molecule has 3 rings (SSSR count). The van der Waals surface area contributed by atoms with Crippen molar-refractivity contribution in [3.63, 3.8) is 0 Å². The summed E-state index contributed by atoms with van der Waals surface area (Å²) in [6.07, 6.45) is 1.47. The number of sulfonamides is 1. The van der Waals surface area contributed by atoms with Crippen LogP contribution in [0.2, 0.25) is 0 Å². The molecule has 0 fully saturated rings. The van der Waals surface area contributed by atoms with Gasteiger partial charge in [-0.1, -0.05) is 35.9 Å². The molecule has 0 saturated carbocycles. The number of carbonyl (C=O) groups excluding carboxylic acids is 1. The molecule has 1 aromatic heterocycles. The molecular formula is C21H22N2O4S. The monoisotopic (exact) mass is 398 g/mol. The van der Waals surface area contributed by atoms with E-state index in [4.69, 9.17) is 4.42 Å². The van der Waals surface area contributed by atoms with Crippen molar-refractivity contribution in [2.45, 2.75) is 25.3 Å². The smallest absolute Gasteiger partial charge is 0.243 e. The largest absolute Gasteiger partial charge is 0.468 e. The predicted molar refractivity (Wildman–Crippen MR) is 107 cm³/mol.